The number of benzene rings is 1. The number of amides is 1. The first kappa shape index (κ1) is 18.1. The summed E-state index contributed by atoms with van der Waals surface area (Å²) < 4.78 is 10.7. The predicted octanol–water partition coefficient (Wildman–Crippen LogP) is 1.02. The van der Waals surface area contributed by atoms with Crippen molar-refractivity contribution in [1.82, 2.24) is 20.1 Å². The van der Waals surface area contributed by atoms with E-state index >= 15 is 0 Å². The number of aromatic amines is 1. The van der Waals surface area contributed by atoms with Gasteiger partial charge in [0, 0.05) is 31.5 Å². The summed E-state index contributed by atoms with van der Waals surface area (Å²) in [6.07, 6.45) is 0.495. The first-order chi connectivity index (χ1) is 12.7. The molecule has 1 aromatic heterocycles. The molecule has 26 heavy (non-hydrogen) atoms. The number of rotatable bonds is 6. The van der Waals surface area contributed by atoms with Crippen LogP contribution in [0, 0.1) is 0 Å². The standard InChI is InChI=1S/C18H22N4O4/c1-2-26-14-5-3-4-13(12-14)17-19-18(24)15(20-21-17)6-7-16(23)22-8-10-25-11-9-22/h3-5,12H,2,6-11H2,1H3,(H,19,21,24). The number of aromatic nitrogens is 3. The number of carbonyl (C=O) groups excluding carboxylic acids is 1. The molecule has 138 valence electrons. The van der Waals surface area contributed by atoms with E-state index in [1.54, 1.807) is 11.0 Å². The first-order valence-corrected chi connectivity index (χ1v) is 8.72. The van der Waals surface area contributed by atoms with Crippen molar-refractivity contribution in [1.29, 1.82) is 0 Å². The molecule has 1 aliphatic rings. The molecule has 2 aromatic rings. The highest BCUT2D eigenvalue weighted by molar-refractivity contribution is 5.76. The lowest BCUT2D eigenvalue weighted by Gasteiger charge is -2.26. The maximum absolute atomic E-state index is 12.3. The Morgan fingerprint density at radius 2 is 2.12 bits per heavy atom. The quantitative estimate of drug-likeness (QED) is 0.828. The van der Waals surface area contributed by atoms with Crippen LogP contribution in [0.15, 0.2) is 29.1 Å². The summed E-state index contributed by atoms with van der Waals surface area (Å²) in [5.74, 6) is 1.08. The molecule has 8 nitrogen and oxygen atoms in total. The second kappa shape index (κ2) is 8.57. The van der Waals surface area contributed by atoms with Gasteiger partial charge in [0.15, 0.2) is 5.82 Å². The van der Waals surface area contributed by atoms with E-state index in [2.05, 4.69) is 15.2 Å². The van der Waals surface area contributed by atoms with Gasteiger partial charge in [-0.3, -0.25) is 9.59 Å². The first-order valence-electron chi connectivity index (χ1n) is 8.72. The Morgan fingerprint density at radius 1 is 1.31 bits per heavy atom. The second-order valence-corrected chi connectivity index (χ2v) is 5.90. The number of morpholine rings is 1. The van der Waals surface area contributed by atoms with Crippen LogP contribution < -0.4 is 10.3 Å². The van der Waals surface area contributed by atoms with Crippen molar-refractivity contribution in [2.75, 3.05) is 32.9 Å². The fourth-order valence-corrected chi connectivity index (χ4v) is 2.75. The minimum atomic E-state index is -0.327. The molecular weight excluding hydrogens is 336 g/mol. The van der Waals surface area contributed by atoms with Gasteiger partial charge < -0.3 is 19.4 Å². The summed E-state index contributed by atoms with van der Waals surface area (Å²) in [7, 11) is 0. The Balaban J connectivity index is 1.66. The molecule has 2 heterocycles. The molecule has 0 spiro atoms. The molecule has 1 saturated heterocycles. The summed E-state index contributed by atoms with van der Waals surface area (Å²) in [5.41, 5.74) is 0.652. The van der Waals surface area contributed by atoms with E-state index in [1.807, 2.05) is 25.1 Å². The van der Waals surface area contributed by atoms with Crippen LogP contribution in [0.1, 0.15) is 19.0 Å². The smallest absolute Gasteiger partial charge is 0.273 e. The molecule has 1 amide bonds. The van der Waals surface area contributed by atoms with Crippen molar-refractivity contribution in [2.45, 2.75) is 19.8 Å². The largest absolute Gasteiger partial charge is 0.494 e. The summed E-state index contributed by atoms with van der Waals surface area (Å²) in [6, 6.07) is 7.29. The zero-order valence-corrected chi connectivity index (χ0v) is 14.7. The fraction of sp³-hybridized carbons (Fsp3) is 0.444. The highest BCUT2D eigenvalue weighted by Gasteiger charge is 2.17. The highest BCUT2D eigenvalue weighted by atomic mass is 16.5. The molecule has 0 saturated carbocycles. The average Bonchev–Trinajstić information content (AvgIpc) is 2.68. The van der Waals surface area contributed by atoms with E-state index < -0.39 is 0 Å². The predicted molar refractivity (Wildman–Crippen MR) is 95.0 cm³/mol. The van der Waals surface area contributed by atoms with Crippen LogP contribution in [0.4, 0.5) is 0 Å². The molecule has 8 heteroatoms. The molecule has 0 bridgehead atoms. The van der Waals surface area contributed by atoms with Crippen LogP contribution in [0.5, 0.6) is 5.75 Å². The Labute approximate surface area is 151 Å². The van der Waals surface area contributed by atoms with Crippen molar-refractivity contribution < 1.29 is 14.3 Å². The Hall–Kier alpha value is -2.74. The summed E-state index contributed by atoms with van der Waals surface area (Å²) in [4.78, 5) is 28.9. The summed E-state index contributed by atoms with van der Waals surface area (Å²) >= 11 is 0. The van der Waals surface area contributed by atoms with E-state index in [9.17, 15) is 9.59 Å². The van der Waals surface area contributed by atoms with Gasteiger partial charge in [0.05, 0.1) is 19.8 Å². The fourth-order valence-electron chi connectivity index (χ4n) is 2.75. The minimum Gasteiger partial charge on any atom is -0.494 e. The highest BCUT2D eigenvalue weighted by Crippen LogP contribution is 2.19. The van der Waals surface area contributed by atoms with E-state index in [-0.39, 0.29) is 30.0 Å². The number of aryl methyl sites for hydroxylation is 1. The number of ether oxygens (including phenoxy) is 2. The number of H-pyrrole nitrogens is 1. The van der Waals surface area contributed by atoms with Crippen LogP contribution in [0.3, 0.4) is 0 Å². The molecule has 0 aliphatic carbocycles. The number of nitrogens with zero attached hydrogens (tertiary/aromatic N) is 3. The minimum absolute atomic E-state index is 0.00277. The second-order valence-electron chi connectivity index (χ2n) is 5.90. The van der Waals surface area contributed by atoms with Crippen LogP contribution >= 0.6 is 0 Å². The maximum atomic E-state index is 12.3. The monoisotopic (exact) mass is 358 g/mol. The van der Waals surface area contributed by atoms with Gasteiger partial charge in [0.1, 0.15) is 11.4 Å². The Bertz CT molecular complexity index is 815. The molecular formula is C18H22N4O4. The third-order valence-corrected chi connectivity index (χ3v) is 4.12. The maximum Gasteiger partial charge on any atom is 0.273 e. The van der Waals surface area contributed by atoms with Gasteiger partial charge in [-0.25, -0.2) is 0 Å². The SMILES string of the molecule is CCOc1cccc(-c2nnc(CCC(=O)N3CCOCC3)c(=O)[nH]2)c1. The molecule has 1 fully saturated rings. The topological polar surface area (TPSA) is 97.4 Å². The van der Waals surface area contributed by atoms with Crippen LogP contribution in [0.2, 0.25) is 0 Å². The third-order valence-electron chi connectivity index (χ3n) is 4.12. The van der Waals surface area contributed by atoms with Gasteiger partial charge in [-0.15, -0.1) is 10.2 Å². The van der Waals surface area contributed by atoms with Crippen molar-refractivity contribution in [2.24, 2.45) is 0 Å². The van der Waals surface area contributed by atoms with Gasteiger partial charge in [-0.2, -0.15) is 0 Å². The van der Waals surface area contributed by atoms with Gasteiger partial charge in [0.25, 0.3) is 5.56 Å². The molecule has 0 radical (unpaired) electrons. The number of nitrogens with one attached hydrogen (secondary N) is 1. The van der Waals surface area contributed by atoms with Crippen LogP contribution in [-0.4, -0.2) is 58.9 Å². The summed E-state index contributed by atoms with van der Waals surface area (Å²) in [5, 5.41) is 8.11. The normalized spacial score (nSPS) is 14.3. The van der Waals surface area contributed by atoms with Crippen molar-refractivity contribution in [3.63, 3.8) is 0 Å². The molecule has 1 N–H and O–H groups in total. The number of carbonyl (C=O) groups is 1. The van der Waals surface area contributed by atoms with Gasteiger partial charge in [-0.05, 0) is 19.1 Å². The van der Waals surface area contributed by atoms with E-state index in [0.29, 0.717) is 44.5 Å². The van der Waals surface area contributed by atoms with Crippen LogP contribution in [0.25, 0.3) is 11.4 Å². The van der Waals surface area contributed by atoms with Gasteiger partial charge in [-0.1, -0.05) is 12.1 Å². The molecule has 1 aromatic carbocycles. The number of hydrogen-bond donors (Lipinski definition) is 1. The zero-order valence-electron chi connectivity index (χ0n) is 14.7. The Morgan fingerprint density at radius 3 is 2.85 bits per heavy atom. The van der Waals surface area contributed by atoms with Gasteiger partial charge in [0.2, 0.25) is 5.91 Å². The van der Waals surface area contributed by atoms with E-state index in [0.717, 1.165) is 5.56 Å². The average molecular weight is 358 g/mol. The van der Waals surface area contributed by atoms with E-state index in [4.69, 9.17) is 9.47 Å². The zero-order chi connectivity index (χ0) is 18.4. The molecule has 3 rings (SSSR count). The lowest BCUT2D eigenvalue weighted by molar-refractivity contribution is -0.135. The summed E-state index contributed by atoms with van der Waals surface area (Å²) in [6.45, 7) is 4.76. The van der Waals surface area contributed by atoms with Crippen molar-refractivity contribution >= 4 is 5.91 Å². The lowest BCUT2D eigenvalue weighted by atomic mass is 10.2. The third kappa shape index (κ3) is 4.45. The number of hydrogen-bond acceptors (Lipinski definition) is 6. The molecule has 0 atom stereocenters. The van der Waals surface area contributed by atoms with E-state index in [1.165, 1.54) is 0 Å². The van der Waals surface area contributed by atoms with Gasteiger partial charge >= 0.3 is 0 Å². The lowest BCUT2D eigenvalue weighted by Crippen LogP contribution is -2.41. The van der Waals surface area contributed by atoms with Crippen LogP contribution in [-0.2, 0) is 16.0 Å². The molecule has 0 unspecified atom stereocenters. The van der Waals surface area contributed by atoms with Crippen molar-refractivity contribution in [3.05, 3.63) is 40.3 Å². The van der Waals surface area contributed by atoms with Crippen molar-refractivity contribution in [3.8, 4) is 17.1 Å². The Kier molecular flexibility index (Phi) is 5.96. The molecule has 1 aliphatic heterocycles.